The maximum Gasteiger partial charge on any atom is 0.304 e. The number of carbonyl (C=O) groups is 3. The normalized spacial score (nSPS) is 20.1. The van der Waals surface area contributed by atoms with Crippen molar-refractivity contribution in [3.8, 4) is 11.8 Å². The van der Waals surface area contributed by atoms with Crippen molar-refractivity contribution in [1.82, 2.24) is 0 Å². The van der Waals surface area contributed by atoms with E-state index >= 15 is 0 Å². The summed E-state index contributed by atoms with van der Waals surface area (Å²) in [7, 11) is 0. The van der Waals surface area contributed by atoms with Gasteiger partial charge in [-0.3, -0.25) is 14.4 Å². The topological polar surface area (TPSA) is 71.4 Å². The van der Waals surface area contributed by atoms with Crippen LogP contribution in [0.3, 0.4) is 0 Å². The van der Waals surface area contributed by atoms with Gasteiger partial charge in [0.05, 0.1) is 6.42 Å². The summed E-state index contributed by atoms with van der Waals surface area (Å²) in [6.45, 7) is 2.14. The van der Waals surface area contributed by atoms with Crippen molar-refractivity contribution in [2.45, 2.75) is 71.1 Å². The Hall–Kier alpha value is -1.89. The zero-order valence-corrected chi connectivity index (χ0v) is 14.6. The van der Waals surface area contributed by atoms with Crippen LogP contribution in [-0.4, -0.2) is 22.6 Å². The Balaban J connectivity index is 2.42. The second kappa shape index (κ2) is 11.6. The van der Waals surface area contributed by atoms with Gasteiger partial charge < -0.3 is 5.11 Å². The van der Waals surface area contributed by atoms with Gasteiger partial charge >= 0.3 is 5.97 Å². The van der Waals surface area contributed by atoms with Crippen LogP contribution >= 0.6 is 0 Å². The van der Waals surface area contributed by atoms with Crippen LogP contribution in [0, 0.1) is 23.7 Å². The maximum absolute atomic E-state index is 12.0. The molecule has 1 aliphatic carbocycles. The molecule has 0 aromatic carbocycles. The molecule has 1 fully saturated rings. The zero-order valence-electron chi connectivity index (χ0n) is 14.6. The number of Topliss-reactive ketones (excluding diaryl/α,β-unsaturated/α-hetero) is 1. The second-order valence-electron chi connectivity index (χ2n) is 6.36. The Kier molecular flexibility index (Phi) is 9.76. The molecule has 2 atom stereocenters. The highest BCUT2D eigenvalue weighted by molar-refractivity contribution is 5.90. The molecular weight excluding hydrogens is 304 g/mol. The third-order valence-electron chi connectivity index (χ3n) is 4.37. The molecule has 4 heteroatoms. The smallest absolute Gasteiger partial charge is 0.304 e. The fourth-order valence-corrected chi connectivity index (χ4v) is 2.91. The van der Waals surface area contributed by atoms with Gasteiger partial charge in [-0.1, -0.05) is 32.3 Å². The first-order valence-electron chi connectivity index (χ1n) is 8.95. The van der Waals surface area contributed by atoms with E-state index in [4.69, 9.17) is 5.11 Å². The number of allylic oxidation sites excluding steroid dienone is 2. The molecule has 0 heterocycles. The van der Waals surface area contributed by atoms with E-state index in [0.29, 0.717) is 25.7 Å². The van der Waals surface area contributed by atoms with Crippen molar-refractivity contribution < 1.29 is 19.5 Å². The molecule has 24 heavy (non-hydrogen) atoms. The number of hydrogen-bond donors (Lipinski definition) is 1. The van der Waals surface area contributed by atoms with Gasteiger partial charge in [0.2, 0.25) is 0 Å². The number of aliphatic carboxylic acids is 1. The van der Waals surface area contributed by atoms with E-state index in [1.807, 2.05) is 6.08 Å². The average molecular weight is 332 g/mol. The summed E-state index contributed by atoms with van der Waals surface area (Å²) < 4.78 is 0. The van der Waals surface area contributed by atoms with Crippen molar-refractivity contribution in [3.63, 3.8) is 0 Å². The van der Waals surface area contributed by atoms with E-state index in [-0.39, 0.29) is 29.8 Å². The minimum Gasteiger partial charge on any atom is -0.481 e. The van der Waals surface area contributed by atoms with Gasteiger partial charge in [-0.25, -0.2) is 0 Å². The lowest BCUT2D eigenvalue weighted by Gasteiger charge is -2.11. The zero-order chi connectivity index (χ0) is 17.8. The van der Waals surface area contributed by atoms with Crippen molar-refractivity contribution in [1.29, 1.82) is 0 Å². The van der Waals surface area contributed by atoms with Crippen molar-refractivity contribution in [2.24, 2.45) is 11.8 Å². The van der Waals surface area contributed by atoms with Gasteiger partial charge in [0.25, 0.3) is 0 Å². The van der Waals surface area contributed by atoms with E-state index in [1.165, 1.54) is 0 Å². The molecule has 132 valence electrons. The quantitative estimate of drug-likeness (QED) is 0.374. The molecule has 0 radical (unpaired) electrons. The van der Waals surface area contributed by atoms with Crippen LogP contribution in [0.4, 0.5) is 0 Å². The molecule has 1 aliphatic rings. The number of carbonyl (C=O) groups excluding carboxylic acids is 2. The van der Waals surface area contributed by atoms with Gasteiger partial charge in [0.15, 0.2) is 5.78 Å². The summed E-state index contributed by atoms with van der Waals surface area (Å²) in [5.74, 6) is 5.16. The Morgan fingerprint density at radius 3 is 2.71 bits per heavy atom. The van der Waals surface area contributed by atoms with Gasteiger partial charge in [0, 0.05) is 31.6 Å². The van der Waals surface area contributed by atoms with E-state index < -0.39 is 5.97 Å². The average Bonchev–Trinajstić information content (AvgIpc) is 2.89. The number of ketones is 2. The Labute approximate surface area is 144 Å². The number of hydrogen-bond acceptors (Lipinski definition) is 3. The van der Waals surface area contributed by atoms with Crippen LogP contribution in [-0.2, 0) is 14.4 Å². The van der Waals surface area contributed by atoms with Gasteiger partial charge in [-0.05, 0) is 24.8 Å². The molecule has 0 aliphatic heterocycles. The van der Waals surface area contributed by atoms with Crippen molar-refractivity contribution in [3.05, 3.63) is 12.2 Å². The van der Waals surface area contributed by atoms with Crippen molar-refractivity contribution in [2.75, 3.05) is 0 Å². The number of unbranched alkanes of at least 4 members (excludes halogenated alkanes) is 3. The standard InChI is InChI=1S/C20H28O4/c1-2-3-4-6-9-17(21)14-12-16-13-15-19(22)18(16)10-7-5-8-11-20(23)24/h12,14,16,18H,2-4,6,8-11,13,15H2,1H3,(H,23,24)/b14-12+. The summed E-state index contributed by atoms with van der Waals surface area (Å²) in [4.78, 5) is 34.2. The Morgan fingerprint density at radius 2 is 2.00 bits per heavy atom. The number of carboxylic acids is 1. The fraction of sp³-hybridized carbons (Fsp3) is 0.650. The molecule has 0 saturated heterocycles. The summed E-state index contributed by atoms with van der Waals surface area (Å²) in [5, 5.41) is 8.56. The first-order valence-corrected chi connectivity index (χ1v) is 8.95. The van der Waals surface area contributed by atoms with Gasteiger partial charge in [0.1, 0.15) is 5.78 Å². The van der Waals surface area contributed by atoms with E-state index in [0.717, 1.165) is 32.1 Å². The van der Waals surface area contributed by atoms with Crippen LogP contribution in [0.2, 0.25) is 0 Å². The SMILES string of the molecule is CCCCCCC(=O)/C=C/C1CCC(=O)C1CC#CCCC(=O)O. The molecule has 1 N–H and O–H groups in total. The number of carboxylic acid groups (broad SMARTS) is 1. The monoisotopic (exact) mass is 332 g/mol. The highest BCUT2D eigenvalue weighted by Crippen LogP contribution is 2.32. The molecule has 4 nitrogen and oxygen atoms in total. The lowest BCUT2D eigenvalue weighted by Crippen LogP contribution is -2.12. The molecule has 0 spiro atoms. The highest BCUT2D eigenvalue weighted by atomic mass is 16.4. The lowest BCUT2D eigenvalue weighted by atomic mass is 9.91. The molecule has 0 bridgehead atoms. The molecule has 1 rings (SSSR count). The first kappa shape index (κ1) is 20.2. The van der Waals surface area contributed by atoms with E-state index in [1.54, 1.807) is 6.08 Å². The van der Waals surface area contributed by atoms with Crippen LogP contribution in [0.1, 0.15) is 71.1 Å². The summed E-state index contributed by atoms with van der Waals surface area (Å²) >= 11 is 0. The fourth-order valence-electron chi connectivity index (χ4n) is 2.91. The Bertz CT molecular complexity index is 521. The number of rotatable bonds is 10. The third-order valence-corrected chi connectivity index (χ3v) is 4.37. The summed E-state index contributed by atoms with van der Waals surface area (Å²) in [6, 6.07) is 0. The molecule has 0 aromatic rings. The predicted molar refractivity (Wildman–Crippen MR) is 93.4 cm³/mol. The van der Waals surface area contributed by atoms with E-state index in [9.17, 15) is 14.4 Å². The van der Waals surface area contributed by atoms with Gasteiger partial charge in [-0.2, -0.15) is 0 Å². The largest absolute Gasteiger partial charge is 0.481 e. The predicted octanol–water partition coefficient (Wildman–Crippen LogP) is 3.94. The minimum atomic E-state index is -0.862. The van der Waals surface area contributed by atoms with E-state index in [2.05, 4.69) is 18.8 Å². The minimum absolute atomic E-state index is 0.0292. The van der Waals surface area contributed by atoms with Crippen LogP contribution in [0.25, 0.3) is 0 Å². The molecule has 2 unspecified atom stereocenters. The lowest BCUT2D eigenvalue weighted by molar-refractivity contribution is -0.136. The molecule has 0 amide bonds. The van der Waals surface area contributed by atoms with Gasteiger partial charge in [-0.15, -0.1) is 11.8 Å². The maximum atomic E-state index is 12.0. The van der Waals surface area contributed by atoms with Crippen molar-refractivity contribution >= 4 is 17.5 Å². The first-order chi connectivity index (χ1) is 11.5. The van der Waals surface area contributed by atoms with Crippen LogP contribution < -0.4 is 0 Å². The molecular formula is C20H28O4. The second-order valence-corrected chi connectivity index (χ2v) is 6.36. The molecule has 0 aromatic heterocycles. The molecule has 1 saturated carbocycles. The van der Waals surface area contributed by atoms with Crippen LogP contribution in [0.15, 0.2) is 12.2 Å². The third kappa shape index (κ3) is 8.10. The Morgan fingerprint density at radius 1 is 1.21 bits per heavy atom. The summed E-state index contributed by atoms with van der Waals surface area (Å²) in [5.41, 5.74) is 0. The van der Waals surface area contributed by atoms with Crippen LogP contribution in [0.5, 0.6) is 0 Å². The highest BCUT2D eigenvalue weighted by Gasteiger charge is 2.32. The summed E-state index contributed by atoms with van der Waals surface area (Å²) in [6.07, 6.45) is 10.6.